The molecule has 1 heterocycles. The second kappa shape index (κ2) is 12.5. The van der Waals surface area contributed by atoms with Gasteiger partial charge in [0.2, 0.25) is 5.91 Å². The molecule has 1 aromatic rings. The number of guanidine groups is 1. The molecule has 1 aliphatic heterocycles. The third kappa shape index (κ3) is 8.11. The van der Waals surface area contributed by atoms with Gasteiger partial charge in [0, 0.05) is 53.0 Å². The molecule has 1 amide bonds. The summed E-state index contributed by atoms with van der Waals surface area (Å²) in [5, 5.41) is 7.60. The summed E-state index contributed by atoms with van der Waals surface area (Å²) in [5.74, 6) is 0.643. The van der Waals surface area contributed by atoms with Crippen LogP contribution in [0.2, 0.25) is 5.02 Å². The summed E-state index contributed by atoms with van der Waals surface area (Å²) in [5.41, 5.74) is 1.06. The standard InChI is InChI=1S/C21H34ClN5O2/c1-4-29-14-8-12-23-21(24-15-20(28)26(2)3)25-17-9-7-13-27(16-17)19-11-6-5-10-18(19)22/h5-6,10-11,17H,4,7-9,12-16H2,1-3H3,(H2,23,24,25). The van der Waals surface area contributed by atoms with E-state index in [-0.39, 0.29) is 18.5 Å². The number of benzene rings is 1. The van der Waals surface area contributed by atoms with Crippen LogP contribution in [0.15, 0.2) is 29.3 Å². The molecule has 1 aliphatic rings. The molecule has 0 saturated carbocycles. The van der Waals surface area contributed by atoms with Gasteiger partial charge >= 0.3 is 0 Å². The summed E-state index contributed by atoms with van der Waals surface area (Å²) in [4.78, 5) is 20.3. The van der Waals surface area contributed by atoms with Crippen molar-refractivity contribution in [1.82, 2.24) is 15.5 Å². The summed E-state index contributed by atoms with van der Waals surface area (Å²) >= 11 is 6.38. The van der Waals surface area contributed by atoms with Crippen molar-refractivity contribution in [2.75, 3.05) is 58.4 Å². The number of rotatable bonds is 9. The smallest absolute Gasteiger partial charge is 0.243 e. The zero-order chi connectivity index (χ0) is 21.1. The Labute approximate surface area is 179 Å². The molecular weight excluding hydrogens is 390 g/mol. The minimum absolute atomic E-state index is 0.0262. The lowest BCUT2D eigenvalue weighted by Gasteiger charge is -2.36. The number of anilines is 1. The lowest BCUT2D eigenvalue weighted by Crippen LogP contribution is -2.51. The Hall–Kier alpha value is -1.99. The number of piperidine rings is 1. The number of ether oxygens (including phenoxy) is 1. The van der Waals surface area contributed by atoms with Crippen LogP contribution in [-0.2, 0) is 9.53 Å². The molecule has 0 radical (unpaired) electrons. The maximum Gasteiger partial charge on any atom is 0.243 e. The molecule has 0 bridgehead atoms. The van der Waals surface area contributed by atoms with Gasteiger partial charge in [0.15, 0.2) is 5.96 Å². The Balaban J connectivity index is 1.97. The summed E-state index contributed by atoms with van der Waals surface area (Å²) in [6, 6.07) is 8.17. The highest BCUT2D eigenvalue weighted by molar-refractivity contribution is 6.33. The molecule has 1 atom stereocenters. The van der Waals surface area contributed by atoms with E-state index in [4.69, 9.17) is 16.3 Å². The van der Waals surface area contributed by atoms with Crippen molar-refractivity contribution in [2.24, 2.45) is 4.99 Å². The van der Waals surface area contributed by atoms with Gasteiger partial charge in [0.05, 0.1) is 10.7 Å². The Morgan fingerprint density at radius 2 is 2.17 bits per heavy atom. The molecule has 8 heteroatoms. The molecule has 1 aromatic carbocycles. The number of hydrogen-bond acceptors (Lipinski definition) is 4. The highest BCUT2D eigenvalue weighted by Crippen LogP contribution is 2.27. The molecule has 0 aliphatic carbocycles. The maximum atomic E-state index is 11.9. The van der Waals surface area contributed by atoms with E-state index in [2.05, 4.69) is 26.6 Å². The zero-order valence-corrected chi connectivity index (χ0v) is 18.5. The van der Waals surface area contributed by atoms with Crippen LogP contribution in [0.4, 0.5) is 5.69 Å². The van der Waals surface area contributed by atoms with E-state index in [0.29, 0.717) is 12.6 Å². The molecule has 29 heavy (non-hydrogen) atoms. The van der Waals surface area contributed by atoms with Crippen molar-refractivity contribution >= 4 is 29.2 Å². The summed E-state index contributed by atoms with van der Waals surface area (Å²) in [6.45, 7) is 6.09. The lowest BCUT2D eigenvalue weighted by molar-refractivity contribution is -0.127. The van der Waals surface area contributed by atoms with Crippen LogP contribution in [0.1, 0.15) is 26.2 Å². The second-order valence-electron chi connectivity index (χ2n) is 7.31. The third-order valence-corrected chi connectivity index (χ3v) is 5.11. The van der Waals surface area contributed by atoms with Gasteiger partial charge in [0.25, 0.3) is 0 Å². The minimum Gasteiger partial charge on any atom is -0.382 e. The maximum absolute atomic E-state index is 11.9. The normalized spacial score (nSPS) is 17.2. The second-order valence-corrected chi connectivity index (χ2v) is 7.72. The molecular formula is C21H34ClN5O2. The molecule has 0 spiro atoms. The quantitative estimate of drug-likeness (QED) is 0.362. The number of nitrogens with zero attached hydrogens (tertiary/aromatic N) is 3. The van der Waals surface area contributed by atoms with Crippen LogP contribution in [0.3, 0.4) is 0 Å². The molecule has 2 rings (SSSR count). The summed E-state index contributed by atoms with van der Waals surface area (Å²) < 4.78 is 5.39. The molecule has 2 N–H and O–H groups in total. The van der Waals surface area contributed by atoms with E-state index >= 15 is 0 Å². The van der Waals surface area contributed by atoms with Crippen LogP contribution in [0, 0.1) is 0 Å². The summed E-state index contributed by atoms with van der Waals surface area (Å²) in [7, 11) is 3.48. The largest absolute Gasteiger partial charge is 0.382 e. The number of aliphatic imine (C=N–C) groups is 1. The Bertz CT molecular complexity index is 668. The monoisotopic (exact) mass is 423 g/mol. The van der Waals surface area contributed by atoms with E-state index in [0.717, 1.165) is 56.2 Å². The molecule has 1 saturated heterocycles. The van der Waals surface area contributed by atoms with Gasteiger partial charge in [0.1, 0.15) is 6.54 Å². The minimum atomic E-state index is -0.0262. The van der Waals surface area contributed by atoms with Crippen LogP contribution in [0.25, 0.3) is 0 Å². The van der Waals surface area contributed by atoms with Crippen molar-refractivity contribution in [3.8, 4) is 0 Å². The Kier molecular flexibility index (Phi) is 10.1. The molecule has 162 valence electrons. The fourth-order valence-electron chi connectivity index (χ4n) is 3.18. The van der Waals surface area contributed by atoms with Gasteiger partial charge < -0.3 is 25.2 Å². The van der Waals surface area contributed by atoms with Crippen molar-refractivity contribution < 1.29 is 9.53 Å². The lowest BCUT2D eigenvalue weighted by atomic mass is 10.0. The first-order chi connectivity index (χ1) is 14.0. The van der Waals surface area contributed by atoms with E-state index < -0.39 is 0 Å². The predicted molar refractivity (Wildman–Crippen MR) is 120 cm³/mol. The first-order valence-corrected chi connectivity index (χ1v) is 10.7. The van der Waals surface area contributed by atoms with Gasteiger partial charge in [-0.15, -0.1) is 0 Å². The van der Waals surface area contributed by atoms with E-state index in [1.165, 1.54) is 0 Å². The molecule has 1 fully saturated rings. The van der Waals surface area contributed by atoms with Crippen LogP contribution in [-0.4, -0.2) is 76.3 Å². The van der Waals surface area contributed by atoms with Gasteiger partial charge in [-0.2, -0.15) is 0 Å². The number of carbonyl (C=O) groups is 1. The van der Waals surface area contributed by atoms with Gasteiger partial charge in [-0.25, -0.2) is 4.99 Å². The fraction of sp³-hybridized carbons (Fsp3) is 0.619. The fourth-order valence-corrected chi connectivity index (χ4v) is 3.44. The first-order valence-electron chi connectivity index (χ1n) is 10.3. The predicted octanol–water partition coefficient (Wildman–Crippen LogP) is 2.36. The third-order valence-electron chi connectivity index (χ3n) is 4.79. The molecule has 0 aromatic heterocycles. The highest BCUT2D eigenvalue weighted by atomic mass is 35.5. The van der Waals surface area contributed by atoms with Gasteiger partial charge in [-0.3, -0.25) is 4.79 Å². The SMILES string of the molecule is CCOCCCNC(=NCC(=O)N(C)C)NC1CCCN(c2ccccc2Cl)C1. The number of hydrogen-bond donors (Lipinski definition) is 2. The van der Waals surface area contributed by atoms with Crippen LogP contribution in [0.5, 0.6) is 0 Å². The average Bonchev–Trinajstić information content (AvgIpc) is 2.71. The highest BCUT2D eigenvalue weighted by Gasteiger charge is 2.22. The van der Waals surface area contributed by atoms with Crippen molar-refractivity contribution in [3.05, 3.63) is 29.3 Å². The van der Waals surface area contributed by atoms with E-state index in [1.807, 2.05) is 25.1 Å². The van der Waals surface area contributed by atoms with Crippen LogP contribution < -0.4 is 15.5 Å². The molecule has 7 nitrogen and oxygen atoms in total. The number of nitrogens with one attached hydrogen (secondary N) is 2. The molecule has 1 unspecified atom stereocenters. The topological polar surface area (TPSA) is 69.2 Å². The van der Waals surface area contributed by atoms with Gasteiger partial charge in [-0.05, 0) is 38.3 Å². The zero-order valence-electron chi connectivity index (χ0n) is 17.8. The average molecular weight is 424 g/mol. The van der Waals surface area contributed by atoms with Crippen molar-refractivity contribution in [2.45, 2.75) is 32.2 Å². The summed E-state index contributed by atoms with van der Waals surface area (Å²) in [6.07, 6.45) is 2.99. The van der Waals surface area contributed by atoms with Gasteiger partial charge in [-0.1, -0.05) is 23.7 Å². The number of halogens is 1. The number of para-hydroxylation sites is 1. The number of likely N-dealkylation sites (N-methyl/N-ethyl adjacent to an activating group) is 1. The van der Waals surface area contributed by atoms with E-state index in [9.17, 15) is 4.79 Å². The number of carbonyl (C=O) groups excluding carboxylic acids is 1. The Morgan fingerprint density at radius 3 is 2.90 bits per heavy atom. The Morgan fingerprint density at radius 1 is 1.38 bits per heavy atom. The first kappa shape index (κ1) is 23.3. The van der Waals surface area contributed by atoms with Crippen LogP contribution >= 0.6 is 11.6 Å². The van der Waals surface area contributed by atoms with Crippen molar-refractivity contribution in [3.63, 3.8) is 0 Å². The van der Waals surface area contributed by atoms with Crippen molar-refractivity contribution in [1.29, 1.82) is 0 Å². The number of amides is 1. The van der Waals surface area contributed by atoms with E-state index in [1.54, 1.807) is 19.0 Å².